The lowest BCUT2D eigenvalue weighted by Gasteiger charge is -2.07. The Kier molecular flexibility index (Phi) is 12.0. The summed E-state index contributed by atoms with van der Waals surface area (Å²) in [7, 11) is 0. The number of amides is 1. The van der Waals surface area contributed by atoms with Gasteiger partial charge in [-0.05, 0) is 19.3 Å². The van der Waals surface area contributed by atoms with Crippen LogP contribution < -0.4 is 11.1 Å². The summed E-state index contributed by atoms with van der Waals surface area (Å²) in [6.07, 6.45) is 2.70. The molecule has 0 aromatic carbocycles. The Labute approximate surface area is 107 Å². The van der Waals surface area contributed by atoms with Gasteiger partial charge in [-0.1, -0.05) is 12.7 Å². The van der Waals surface area contributed by atoms with Gasteiger partial charge in [-0.2, -0.15) is 0 Å². The largest absolute Gasteiger partial charge is 0.480 e. The Morgan fingerprint density at radius 1 is 1.47 bits per heavy atom. The zero-order chi connectivity index (χ0) is 12.4. The molecule has 1 amide bonds. The molecule has 1 atom stereocenters. The van der Waals surface area contributed by atoms with Gasteiger partial charge in [0.1, 0.15) is 12.6 Å². The fourth-order valence-electron chi connectivity index (χ4n) is 0.989. The number of nitrogens with one attached hydrogen (secondary N) is 1. The minimum atomic E-state index is -1.00. The second-order valence-electron chi connectivity index (χ2n) is 3.25. The lowest BCUT2D eigenvalue weighted by Crippen LogP contribution is -2.30. The van der Waals surface area contributed by atoms with Gasteiger partial charge in [-0.15, -0.1) is 12.4 Å². The summed E-state index contributed by atoms with van der Waals surface area (Å²) >= 11 is 0. The monoisotopic (exact) mass is 266 g/mol. The van der Waals surface area contributed by atoms with Crippen LogP contribution in [0, 0.1) is 0 Å². The van der Waals surface area contributed by atoms with Crippen LogP contribution in [0.4, 0.5) is 4.79 Å². The number of nitrogens with two attached hydrogens (primary N) is 1. The maximum atomic E-state index is 10.9. The summed E-state index contributed by atoms with van der Waals surface area (Å²) in [6, 6.07) is -0.826. The lowest BCUT2D eigenvalue weighted by molar-refractivity contribution is -0.138. The second kappa shape index (κ2) is 11.2. The van der Waals surface area contributed by atoms with Crippen LogP contribution in [0.5, 0.6) is 0 Å². The summed E-state index contributed by atoms with van der Waals surface area (Å²) < 4.78 is 4.67. The molecule has 100 valence electrons. The van der Waals surface area contributed by atoms with E-state index in [4.69, 9.17) is 10.8 Å². The summed E-state index contributed by atoms with van der Waals surface area (Å²) in [6.45, 7) is 4.03. The molecule has 0 fully saturated rings. The summed E-state index contributed by atoms with van der Waals surface area (Å²) in [5.74, 6) is -1.00. The lowest BCUT2D eigenvalue weighted by atomic mass is 10.1. The third-order valence-corrected chi connectivity index (χ3v) is 1.86. The predicted molar refractivity (Wildman–Crippen MR) is 66.3 cm³/mol. The standard InChI is InChI=1S/C10H18N2O4.ClH/c1-2-7-16-10(15)12-6-4-3-5-8(11)9(13)14;/h2,8H,1,3-7,11H2,(H,12,15)(H,13,14);1H/t8-;/m1./s1. The molecule has 0 heterocycles. The number of aliphatic carboxylic acids is 1. The molecule has 4 N–H and O–H groups in total. The van der Waals surface area contributed by atoms with Crippen LogP contribution in [0.15, 0.2) is 12.7 Å². The van der Waals surface area contributed by atoms with E-state index in [-0.39, 0.29) is 19.0 Å². The molecule has 17 heavy (non-hydrogen) atoms. The molecule has 7 heteroatoms. The number of hydrogen-bond donors (Lipinski definition) is 3. The van der Waals surface area contributed by atoms with Crippen molar-refractivity contribution in [2.45, 2.75) is 25.3 Å². The van der Waals surface area contributed by atoms with Crippen LogP contribution in [0.2, 0.25) is 0 Å². The van der Waals surface area contributed by atoms with Gasteiger partial charge in [0, 0.05) is 6.54 Å². The van der Waals surface area contributed by atoms with E-state index in [1.165, 1.54) is 6.08 Å². The van der Waals surface area contributed by atoms with Gasteiger partial charge >= 0.3 is 12.1 Å². The summed E-state index contributed by atoms with van der Waals surface area (Å²) in [5.41, 5.74) is 5.30. The number of carbonyl (C=O) groups excluding carboxylic acids is 1. The second-order valence-corrected chi connectivity index (χ2v) is 3.25. The predicted octanol–water partition coefficient (Wildman–Crippen LogP) is 0.903. The molecule has 0 saturated heterocycles. The highest BCUT2D eigenvalue weighted by Crippen LogP contribution is 1.98. The number of alkyl carbamates (subject to hydrolysis) is 1. The molecule has 0 saturated carbocycles. The zero-order valence-corrected chi connectivity index (χ0v) is 10.4. The van der Waals surface area contributed by atoms with Crippen LogP contribution in [0.3, 0.4) is 0 Å². The topological polar surface area (TPSA) is 102 Å². The van der Waals surface area contributed by atoms with Crippen molar-refractivity contribution in [2.24, 2.45) is 5.73 Å². The molecule has 6 nitrogen and oxygen atoms in total. The fraction of sp³-hybridized carbons (Fsp3) is 0.600. The van der Waals surface area contributed by atoms with Crippen molar-refractivity contribution in [1.29, 1.82) is 0 Å². The van der Waals surface area contributed by atoms with E-state index < -0.39 is 18.1 Å². The highest BCUT2D eigenvalue weighted by Gasteiger charge is 2.10. The molecule has 0 aliphatic heterocycles. The van der Waals surface area contributed by atoms with E-state index in [1.54, 1.807) is 0 Å². The minimum Gasteiger partial charge on any atom is -0.480 e. The summed E-state index contributed by atoms with van der Waals surface area (Å²) in [5, 5.41) is 11.0. The van der Waals surface area contributed by atoms with Gasteiger partial charge in [0.25, 0.3) is 0 Å². The number of hydrogen-bond acceptors (Lipinski definition) is 4. The average Bonchev–Trinajstić information content (AvgIpc) is 2.25. The number of carbonyl (C=O) groups is 2. The smallest absolute Gasteiger partial charge is 0.407 e. The maximum absolute atomic E-state index is 10.9. The maximum Gasteiger partial charge on any atom is 0.407 e. The zero-order valence-electron chi connectivity index (χ0n) is 9.55. The third-order valence-electron chi connectivity index (χ3n) is 1.86. The number of rotatable bonds is 8. The van der Waals surface area contributed by atoms with E-state index in [1.807, 2.05) is 0 Å². The van der Waals surface area contributed by atoms with E-state index in [0.717, 1.165) is 0 Å². The molecule has 0 bridgehead atoms. The van der Waals surface area contributed by atoms with E-state index >= 15 is 0 Å². The minimum absolute atomic E-state index is 0. The van der Waals surface area contributed by atoms with Crippen molar-refractivity contribution in [3.63, 3.8) is 0 Å². The highest BCUT2D eigenvalue weighted by molar-refractivity contribution is 5.85. The first-order valence-corrected chi connectivity index (χ1v) is 5.07. The van der Waals surface area contributed by atoms with Crippen LogP contribution in [-0.4, -0.2) is 36.4 Å². The molecular formula is C10H19ClN2O4. The van der Waals surface area contributed by atoms with Gasteiger partial charge in [0.15, 0.2) is 0 Å². The van der Waals surface area contributed by atoms with Crippen LogP contribution >= 0.6 is 12.4 Å². The number of carboxylic acid groups (broad SMARTS) is 1. The highest BCUT2D eigenvalue weighted by atomic mass is 35.5. The van der Waals surface area contributed by atoms with Gasteiger partial charge in [-0.3, -0.25) is 4.79 Å². The molecule has 0 aliphatic carbocycles. The Morgan fingerprint density at radius 2 is 2.12 bits per heavy atom. The molecule has 0 radical (unpaired) electrons. The van der Waals surface area contributed by atoms with E-state index in [9.17, 15) is 9.59 Å². The quantitative estimate of drug-likeness (QED) is 0.448. The van der Waals surface area contributed by atoms with Gasteiger partial charge < -0.3 is 20.9 Å². The number of unbranched alkanes of at least 4 members (excludes halogenated alkanes) is 1. The Morgan fingerprint density at radius 3 is 2.65 bits per heavy atom. The number of ether oxygens (including phenoxy) is 1. The fourth-order valence-corrected chi connectivity index (χ4v) is 0.989. The molecule has 0 aliphatic rings. The first-order valence-electron chi connectivity index (χ1n) is 5.07. The number of carboxylic acids is 1. The molecule has 0 spiro atoms. The van der Waals surface area contributed by atoms with Crippen molar-refractivity contribution in [1.82, 2.24) is 5.32 Å². The Bertz CT molecular complexity index is 248. The van der Waals surface area contributed by atoms with Crippen LogP contribution in [0.25, 0.3) is 0 Å². The van der Waals surface area contributed by atoms with Crippen molar-refractivity contribution in [3.8, 4) is 0 Å². The first kappa shape index (κ1) is 18.1. The molecule has 0 aromatic heterocycles. The van der Waals surface area contributed by atoms with Crippen molar-refractivity contribution < 1.29 is 19.4 Å². The van der Waals surface area contributed by atoms with E-state index in [2.05, 4.69) is 16.6 Å². The molecule has 0 rings (SSSR count). The average molecular weight is 267 g/mol. The van der Waals surface area contributed by atoms with Crippen molar-refractivity contribution in [2.75, 3.05) is 13.2 Å². The van der Waals surface area contributed by atoms with Gasteiger partial charge in [-0.25, -0.2) is 4.79 Å². The first-order chi connectivity index (χ1) is 7.57. The SMILES string of the molecule is C=CCOC(=O)NCCCC[C@@H](N)C(=O)O.Cl. The Balaban J connectivity index is 0. The van der Waals surface area contributed by atoms with Gasteiger partial charge in [0.2, 0.25) is 0 Å². The van der Waals surface area contributed by atoms with E-state index in [0.29, 0.717) is 25.8 Å². The van der Waals surface area contributed by atoms with Crippen LogP contribution in [-0.2, 0) is 9.53 Å². The molecular weight excluding hydrogens is 248 g/mol. The normalized spacial score (nSPS) is 10.9. The van der Waals surface area contributed by atoms with Gasteiger partial charge in [0.05, 0.1) is 0 Å². The number of halogens is 1. The Hall–Kier alpha value is -1.27. The van der Waals surface area contributed by atoms with Crippen molar-refractivity contribution >= 4 is 24.5 Å². The molecule has 0 aromatic rings. The van der Waals surface area contributed by atoms with Crippen molar-refractivity contribution in [3.05, 3.63) is 12.7 Å². The van der Waals surface area contributed by atoms with Crippen LogP contribution in [0.1, 0.15) is 19.3 Å². The molecule has 0 unspecified atom stereocenters. The third kappa shape index (κ3) is 11.0. The summed E-state index contributed by atoms with van der Waals surface area (Å²) in [4.78, 5) is 21.3.